The molecule has 3 aliphatic rings. The smallest absolute Gasteiger partial charge is 0.136 e. The Bertz CT molecular complexity index is 472. The van der Waals surface area contributed by atoms with Crippen LogP contribution in [0, 0.1) is 11.8 Å². The first-order valence-electron chi connectivity index (χ1n) is 6.86. The second-order valence-electron chi connectivity index (χ2n) is 5.93. The third-order valence-corrected chi connectivity index (χ3v) is 5.28. The Labute approximate surface area is 107 Å². The third kappa shape index (κ3) is 1.53. The van der Waals surface area contributed by atoms with Crippen molar-refractivity contribution in [1.82, 2.24) is 9.97 Å². The highest BCUT2D eigenvalue weighted by Gasteiger charge is 2.42. The summed E-state index contributed by atoms with van der Waals surface area (Å²) in [5.74, 6) is 3.45. The Hall–Kier alpha value is -0.630. The van der Waals surface area contributed by atoms with Crippen LogP contribution in [0.25, 0.3) is 0 Å². The van der Waals surface area contributed by atoms with E-state index in [2.05, 4.69) is 4.98 Å². The maximum absolute atomic E-state index is 6.30. The third-order valence-electron chi connectivity index (χ3n) is 4.97. The molecule has 1 aromatic heterocycles. The van der Waals surface area contributed by atoms with E-state index < -0.39 is 0 Å². The van der Waals surface area contributed by atoms with Gasteiger partial charge in [-0.3, -0.25) is 0 Å². The van der Waals surface area contributed by atoms with E-state index in [9.17, 15) is 0 Å². The van der Waals surface area contributed by atoms with Crippen LogP contribution in [0.2, 0.25) is 5.15 Å². The fraction of sp³-hybridized carbons (Fsp3) is 0.714. The van der Waals surface area contributed by atoms with Gasteiger partial charge in [0.2, 0.25) is 0 Å². The fourth-order valence-electron chi connectivity index (χ4n) is 4.13. The molecule has 0 aliphatic heterocycles. The first kappa shape index (κ1) is 10.3. The van der Waals surface area contributed by atoms with Gasteiger partial charge in [0.25, 0.3) is 0 Å². The van der Waals surface area contributed by atoms with Gasteiger partial charge in [-0.05, 0) is 50.4 Å². The molecule has 2 nitrogen and oxygen atoms in total. The molecule has 0 amide bonds. The summed E-state index contributed by atoms with van der Waals surface area (Å²) in [5, 5.41) is 0.741. The lowest BCUT2D eigenvalue weighted by molar-refractivity contribution is 0.404. The SMILES string of the molecule is Clc1nc(C2CC3CCC2C3)nc2c1CCC2. The summed E-state index contributed by atoms with van der Waals surface area (Å²) in [6, 6.07) is 0. The van der Waals surface area contributed by atoms with Gasteiger partial charge in [0.15, 0.2) is 0 Å². The van der Waals surface area contributed by atoms with Crippen molar-refractivity contribution < 1.29 is 0 Å². The van der Waals surface area contributed by atoms with E-state index in [1.54, 1.807) is 0 Å². The van der Waals surface area contributed by atoms with Gasteiger partial charge in [0.05, 0.1) is 0 Å². The molecule has 1 aromatic rings. The largest absolute Gasteiger partial charge is 0.237 e. The average Bonchev–Trinajstić information content (AvgIpc) is 3.04. The van der Waals surface area contributed by atoms with Crippen LogP contribution in [0.3, 0.4) is 0 Å². The predicted molar refractivity (Wildman–Crippen MR) is 67.3 cm³/mol. The van der Waals surface area contributed by atoms with E-state index in [1.165, 1.54) is 43.4 Å². The van der Waals surface area contributed by atoms with Gasteiger partial charge in [0, 0.05) is 17.2 Å². The van der Waals surface area contributed by atoms with E-state index in [0.29, 0.717) is 5.92 Å². The first-order valence-corrected chi connectivity index (χ1v) is 7.24. The minimum Gasteiger partial charge on any atom is -0.237 e. The number of halogens is 1. The highest BCUT2D eigenvalue weighted by atomic mass is 35.5. The van der Waals surface area contributed by atoms with Gasteiger partial charge in [-0.2, -0.15) is 0 Å². The molecule has 3 atom stereocenters. The molecular formula is C14H17ClN2. The minimum absolute atomic E-state index is 0.608. The van der Waals surface area contributed by atoms with Crippen LogP contribution in [-0.4, -0.2) is 9.97 Å². The number of hydrogen-bond acceptors (Lipinski definition) is 2. The molecule has 4 rings (SSSR count). The molecule has 0 saturated heterocycles. The quantitative estimate of drug-likeness (QED) is 0.711. The van der Waals surface area contributed by atoms with Crippen molar-refractivity contribution in [2.24, 2.45) is 11.8 Å². The van der Waals surface area contributed by atoms with Crippen molar-refractivity contribution >= 4 is 11.6 Å². The zero-order valence-electron chi connectivity index (χ0n) is 9.95. The standard InChI is InChI=1S/C14H17ClN2/c15-13-10-2-1-3-12(10)16-14(17-13)11-7-8-4-5-9(11)6-8/h8-9,11H,1-7H2. The topological polar surface area (TPSA) is 25.8 Å². The molecule has 0 spiro atoms. The Morgan fingerprint density at radius 1 is 1.06 bits per heavy atom. The van der Waals surface area contributed by atoms with Gasteiger partial charge in [-0.25, -0.2) is 9.97 Å². The van der Waals surface area contributed by atoms with Crippen molar-refractivity contribution in [2.75, 3.05) is 0 Å². The molecule has 90 valence electrons. The summed E-state index contributed by atoms with van der Waals surface area (Å²) in [7, 11) is 0. The van der Waals surface area contributed by atoms with Crippen molar-refractivity contribution in [3.63, 3.8) is 0 Å². The molecule has 3 aliphatic carbocycles. The fourth-order valence-corrected chi connectivity index (χ4v) is 4.42. The number of rotatable bonds is 1. The van der Waals surface area contributed by atoms with Gasteiger partial charge in [-0.15, -0.1) is 0 Å². The number of hydrogen-bond donors (Lipinski definition) is 0. The highest BCUT2D eigenvalue weighted by Crippen LogP contribution is 2.52. The maximum Gasteiger partial charge on any atom is 0.136 e. The lowest BCUT2D eigenvalue weighted by Gasteiger charge is -2.20. The Kier molecular flexibility index (Phi) is 2.23. The Morgan fingerprint density at radius 2 is 2.00 bits per heavy atom. The highest BCUT2D eigenvalue weighted by molar-refractivity contribution is 6.30. The van der Waals surface area contributed by atoms with E-state index >= 15 is 0 Å². The Balaban J connectivity index is 1.73. The molecule has 0 aromatic carbocycles. The zero-order valence-corrected chi connectivity index (χ0v) is 10.7. The number of aryl methyl sites for hydroxylation is 1. The van der Waals surface area contributed by atoms with E-state index in [0.717, 1.165) is 35.7 Å². The van der Waals surface area contributed by atoms with E-state index in [1.807, 2.05) is 0 Å². The van der Waals surface area contributed by atoms with Crippen LogP contribution >= 0.6 is 11.6 Å². The van der Waals surface area contributed by atoms with Crippen molar-refractivity contribution in [3.8, 4) is 0 Å². The monoisotopic (exact) mass is 248 g/mol. The van der Waals surface area contributed by atoms with Crippen LogP contribution in [0.15, 0.2) is 0 Å². The van der Waals surface area contributed by atoms with Crippen molar-refractivity contribution in [3.05, 3.63) is 22.2 Å². The van der Waals surface area contributed by atoms with E-state index in [-0.39, 0.29) is 0 Å². The average molecular weight is 249 g/mol. The lowest BCUT2D eigenvalue weighted by Crippen LogP contribution is -2.13. The minimum atomic E-state index is 0.608. The molecule has 0 N–H and O–H groups in total. The van der Waals surface area contributed by atoms with Crippen LogP contribution < -0.4 is 0 Å². The van der Waals surface area contributed by atoms with Crippen LogP contribution in [0.4, 0.5) is 0 Å². The molecule has 0 radical (unpaired) electrons. The Morgan fingerprint density at radius 3 is 2.76 bits per heavy atom. The lowest BCUT2D eigenvalue weighted by atomic mass is 9.88. The number of aromatic nitrogens is 2. The molecule has 17 heavy (non-hydrogen) atoms. The van der Waals surface area contributed by atoms with Gasteiger partial charge in [-0.1, -0.05) is 18.0 Å². The van der Waals surface area contributed by atoms with Crippen molar-refractivity contribution in [2.45, 2.75) is 50.9 Å². The maximum atomic E-state index is 6.30. The second kappa shape index (κ2) is 3.68. The molecule has 3 heteroatoms. The molecule has 2 bridgehead atoms. The summed E-state index contributed by atoms with van der Waals surface area (Å²) in [6.45, 7) is 0. The van der Waals surface area contributed by atoms with Crippen LogP contribution in [-0.2, 0) is 12.8 Å². The zero-order chi connectivity index (χ0) is 11.4. The molecule has 2 fully saturated rings. The molecular weight excluding hydrogens is 232 g/mol. The first-order chi connectivity index (χ1) is 8.31. The van der Waals surface area contributed by atoms with Gasteiger partial charge >= 0.3 is 0 Å². The van der Waals surface area contributed by atoms with Gasteiger partial charge in [0.1, 0.15) is 11.0 Å². The number of fused-ring (bicyclic) bond motifs is 3. The summed E-state index contributed by atoms with van der Waals surface area (Å²) < 4.78 is 0. The van der Waals surface area contributed by atoms with Gasteiger partial charge < -0.3 is 0 Å². The van der Waals surface area contributed by atoms with Crippen LogP contribution in [0.5, 0.6) is 0 Å². The molecule has 2 saturated carbocycles. The summed E-state index contributed by atoms with van der Waals surface area (Å²) in [6.07, 6.45) is 8.90. The second-order valence-corrected chi connectivity index (χ2v) is 6.29. The van der Waals surface area contributed by atoms with Crippen molar-refractivity contribution in [1.29, 1.82) is 0 Å². The summed E-state index contributed by atoms with van der Waals surface area (Å²) in [5.41, 5.74) is 2.46. The summed E-state index contributed by atoms with van der Waals surface area (Å²) in [4.78, 5) is 9.42. The normalized spacial score (nSPS) is 34.3. The van der Waals surface area contributed by atoms with Crippen LogP contribution in [0.1, 0.15) is 55.1 Å². The summed E-state index contributed by atoms with van der Waals surface area (Å²) >= 11 is 6.30. The number of nitrogens with zero attached hydrogens (tertiary/aromatic N) is 2. The molecule has 1 heterocycles. The molecule has 3 unspecified atom stereocenters. The van der Waals surface area contributed by atoms with E-state index in [4.69, 9.17) is 16.6 Å². The predicted octanol–water partition coefficient (Wildman–Crippen LogP) is 3.52.